The Labute approximate surface area is 82.2 Å². The summed E-state index contributed by atoms with van der Waals surface area (Å²) in [6, 6.07) is 0. The van der Waals surface area contributed by atoms with Crippen LogP contribution in [0.15, 0.2) is 24.3 Å². The van der Waals surface area contributed by atoms with Gasteiger partial charge in [0.05, 0.1) is 6.61 Å². The molecular weight excluding hydrogens is 160 g/mol. The van der Waals surface area contributed by atoms with E-state index in [0.717, 1.165) is 24.8 Å². The lowest BCUT2D eigenvalue weighted by Gasteiger charge is -2.07. The maximum Gasteiger partial charge on any atom is 0.0799 e. The van der Waals surface area contributed by atoms with Gasteiger partial charge < -0.3 is 5.11 Å². The van der Waals surface area contributed by atoms with Gasteiger partial charge >= 0.3 is 0 Å². The highest BCUT2D eigenvalue weighted by molar-refractivity contribution is 5.10. The van der Waals surface area contributed by atoms with Gasteiger partial charge in [0, 0.05) is 0 Å². The molecule has 75 valence electrons. The molecule has 0 aliphatic carbocycles. The maximum atomic E-state index is 8.51. The first-order valence-corrected chi connectivity index (χ1v) is 4.94. The molecule has 0 aromatic heterocycles. The van der Waals surface area contributed by atoms with Crippen molar-refractivity contribution in [2.45, 2.75) is 39.5 Å². The third-order valence-corrected chi connectivity index (χ3v) is 2.02. The lowest BCUT2D eigenvalue weighted by atomic mass is 10.00. The zero-order valence-electron chi connectivity index (χ0n) is 8.79. The van der Waals surface area contributed by atoms with Crippen LogP contribution in [-0.2, 0) is 0 Å². The van der Waals surface area contributed by atoms with E-state index in [0.29, 0.717) is 5.92 Å². The third kappa shape index (κ3) is 9.35. The van der Waals surface area contributed by atoms with Gasteiger partial charge in [-0.1, -0.05) is 31.2 Å². The molecule has 0 rings (SSSR count). The van der Waals surface area contributed by atoms with E-state index in [1.165, 1.54) is 13.0 Å². The van der Waals surface area contributed by atoms with Crippen LogP contribution >= 0.6 is 0 Å². The minimum absolute atomic E-state index is 0.693. The molecule has 0 aromatic rings. The van der Waals surface area contributed by atoms with Crippen LogP contribution in [0.2, 0.25) is 0 Å². The molecule has 0 fully saturated rings. The number of allylic oxidation sites excluding steroid dienone is 3. The van der Waals surface area contributed by atoms with Crippen LogP contribution in [0.3, 0.4) is 0 Å². The van der Waals surface area contributed by atoms with Crippen LogP contribution in [0.1, 0.15) is 39.5 Å². The van der Waals surface area contributed by atoms with Crippen molar-refractivity contribution < 1.29 is 5.11 Å². The van der Waals surface area contributed by atoms with E-state index in [1.807, 2.05) is 6.92 Å². The zero-order chi connectivity index (χ0) is 10.1. The highest BCUT2D eigenvalue weighted by atomic mass is 16.2. The molecule has 0 aliphatic heterocycles. The normalized spacial score (nSPS) is 13.5. The summed E-state index contributed by atoms with van der Waals surface area (Å²) >= 11 is 0. The first-order chi connectivity index (χ1) is 6.16. The average molecular weight is 181 g/mol. The summed E-state index contributed by atoms with van der Waals surface area (Å²) in [5.74, 6) is 0.693. The largest absolute Gasteiger partial charge is 0.390 e. The van der Waals surface area contributed by atoms with Crippen molar-refractivity contribution in [3.05, 3.63) is 30.9 Å². The summed E-state index contributed by atoms with van der Waals surface area (Å²) in [6.45, 7) is 9.27. The van der Waals surface area contributed by atoms with Crippen molar-refractivity contribution in [2.24, 2.45) is 5.92 Å². The summed E-state index contributed by atoms with van der Waals surface area (Å²) in [7, 11) is 0. The van der Waals surface area contributed by atoms with Gasteiger partial charge in [-0.15, -0.1) is 0 Å². The van der Waals surface area contributed by atoms with Gasteiger partial charge in [-0.2, -0.15) is 0 Å². The van der Waals surface area contributed by atoms with Crippen LogP contribution in [0, 0.1) is 12.5 Å². The fourth-order valence-electron chi connectivity index (χ4n) is 1.17. The van der Waals surface area contributed by atoms with Crippen molar-refractivity contribution in [3.8, 4) is 0 Å². The number of hydrogen-bond donors (Lipinski definition) is 1. The zero-order valence-corrected chi connectivity index (χ0v) is 8.79. The molecule has 13 heavy (non-hydrogen) atoms. The van der Waals surface area contributed by atoms with Crippen molar-refractivity contribution in [2.75, 3.05) is 0 Å². The lowest BCUT2D eigenvalue weighted by Crippen LogP contribution is -1.93. The quantitative estimate of drug-likeness (QED) is 0.591. The Hall–Kier alpha value is -0.560. The number of hydrogen-bond acceptors (Lipinski definition) is 1. The number of rotatable bonds is 7. The second-order valence-corrected chi connectivity index (χ2v) is 3.69. The van der Waals surface area contributed by atoms with Gasteiger partial charge in [-0.3, -0.25) is 0 Å². The number of aliphatic hydroxyl groups excluding tert-OH is 1. The minimum atomic E-state index is 0.693. The molecule has 0 bridgehead atoms. The highest BCUT2D eigenvalue weighted by Gasteiger charge is 1.99. The Morgan fingerprint density at radius 2 is 2.00 bits per heavy atom. The molecule has 1 radical (unpaired) electrons. The van der Waals surface area contributed by atoms with Gasteiger partial charge in [0.1, 0.15) is 0 Å². The lowest BCUT2D eigenvalue weighted by molar-refractivity contribution is 0.351. The topological polar surface area (TPSA) is 20.2 Å². The Kier molecular flexibility index (Phi) is 7.71. The van der Waals surface area contributed by atoms with E-state index >= 15 is 0 Å². The van der Waals surface area contributed by atoms with Crippen LogP contribution in [0.25, 0.3) is 0 Å². The van der Waals surface area contributed by atoms with E-state index in [2.05, 4.69) is 25.7 Å². The van der Waals surface area contributed by atoms with Gasteiger partial charge in [0.25, 0.3) is 0 Å². The van der Waals surface area contributed by atoms with E-state index < -0.39 is 0 Å². The molecule has 0 amide bonds. The average Bonchev–Trinajstić information content (AvgIpc) is 2.08. The summed E-state index contributed by atoms with van der Waals surface area (Å²) in [4.78, 5) is 0. The van der Waals surface area contributed by atoms with Gasteiger partial charge in [0.2, 0.25) is 0 Å². The first kappa shape index (κ1) is 12.4. The second-order valence-electron chi connectivity index (χ2n) is 3.69. The molecule has 1 atom stereocenters. The van der Waals surface area contributed by atoms with E-state index in [9.17, 15) is 0 Å². The summed E-state index contributed by atoms with van der Waals surface area (Å²) in [6.07, 6.45) is 8.42. The number of aliphatic hydroxyl groups is 1. The SMILES string of the molecule is C=C(C)C=CCCC(C)CC[CH]O. The maximum absolute atomic E-state index is 8.51. The minimum Gasteiger partial charge on any atom is -0.390 e. The molecule has 0 spiro atoms. The molecule has 1 heteroatoms. The first-order valence-electron chi connectivity index (χ1n) is 4.94. The van der Waals surface area contributed by atoms with Crippen LogP contribution in [-0.4, -0.2) is 5.11 Å². The van der Waals surface area contributed by atoms with Crippen LogP contribution in [0.5, 0.6) is 0 Å². The highest BCUT2D eigenvalue weighted by Crippen LogP contribution is 2.13. The van der Waals surface area contributed by atoms with Crippen molar-refractivity contribution in [1.29, 1.82) is 0 Å². The van der Waals surface area contributed by atoms with Gasteiger partial charge in [-0.25, -0.2) is 0 Å². The van der Waals surface area contributed by atoms with E-state index in [-0.39, 0.29) is 0 Å². The summed E-state index contributed by atoms with van der Waals surface area (Å²) < 4.78 is 0. The molecule has 0 heterocycles. The fourth-order valence-corrected chi connectivity index (χ4v) is 1.17. The Morgan fingerprint density at radius 3 is 2.54 bits per heavy atom. The Balaban J connectivity index is 3.36. The van der Waals surface area contributed by atoms with Gasteiger partial charge in [0.15, 0.2) is 0 Å². The van der Waals surface area contributed by atoms with Crippen molar-refractivity contribution in [3.63, 3.8) is 0 Å². The molecule has 1 nitrogen and oxygen atoms in total. The van der Waals surface area contributed by atoms with Crippen LogP contribution < -0.4 is 0 Å². The molecule has 1 unspecified atom stereocenters. The predicted octanol–water partition coefficient (Wildman–Crippen LogP) is 3.85. The van der Waals surface area contributed by atoms with Crippen molar-refractivity contribution in [1.82, 2.24) is 0 Å². The van der Waals surface area contributed by atoms with E-state index in [4.69, 9.17) is 5.11 Å². The predicted molar refractivity (Wildman–Crippen MR) is 57.8 cm³/mol. The van der Waals surface area contributed by atoms with Crippen LogP contribution in [0.4, 0.5) is 0 Å². The molecular formula is C12H21O. The Bertz CT molecular complexity index is 159. The monoisotopic (exact) mass is 181 g/mol. The summed E-state index contributed by atoms with van der Waals surface area (Å²) in [5.41, 5.74) is 1.11. The van der Waals surface area contributed by atoms with E-state index in [1.54, 1.807) is 0 Å². The van der Waals surface area contributed by atoms with Crippen molar-refractivity contribution >= 4 is 0 Å². The molecule has 0 aromatic carbocycles. The molecule has 0 saturated heterocycles. The standard InChI is InChI=1S/C12H21O/c1-11(2)7-4-5-8-12(3)9-6-10-13/h4,7,10,12-13H,1,5-6,8-9H2,2-3H3. The smallest absolute Gasteiger partial charge is 0.0799 e. The summed E-state index contributed by atoms with van der Waals surface area (Å²) in [5, 5.41) is 8.51. The second kappa shape index (κ2) is 8.06. The molecule has 0 saturated carbocycles. The molecule has 0 aliphatic rings. The fraction of sp³-hybridized carbons (Fsp3) is 0.583. The molecule has 1 N–H and O–H groups in total. The van der Waals surface area contributed by atoms with Gasteiger partial charge in [-0.05, 0) is 38.5 Å². The Morgan fingerprint density at radius 1 is 1.38 bits per heavy atom. The third-order valence-electron chi connectivity index (χ3n) is 2.02.